The number of para-hydroxylation sites is 1. The summed E-state index contributed by atoms with van der Waals surface area (Å²) in [5, 5.41) is 1.46. The molecular formula is C16H12Cl2N2O2S. The van der Waals surface area contributed by atoms with Crippen LogP contribution < -0.4 is 4.72 Å². The molecule has 0 aliphatic heterocycles. The molecule has 0 atom stereocenters. The third kappa shape index (κ3) is 3.48. The molecule has 1 heterocycles. The van der Waals surface area contributed by atoms with Crippen molar-refractivity contribution >= 4 is 44.1 Å². The fourth-order valence-corrected chi connectivity index (χ4v) is 3.61. The summed E-state index contributed by atoms with van der Waals surface area (Å²) in [6, 6.07) is 13.6. The van der Waals surface area contributed by atoms with E-state index in [2.05, 4.69) is 9.71 Å². The predicted molar refractivity (Wildman–Crippen MR) is 92.2 cm³/mol. The number of halogens is 2. The van der Waals surface area contributed by atoms with Crippen LogP contribution >= 0.6 is 23.2 Å². The summed E-state index contributed by atoms with van der Waals surface area (Å²) >= 11 is 11.7. The molecule has 23 heavy (non-hydrogen) atoms. The van der Waals surface area contributed by atoms with Crippen molar-refractivity contribution in [2.45, 2.75) is 11.4 Å². The lowest BCUT2D eigenvalue weighted by Gasteiger charge is -2.09. The standard InChI is InChI=1S/C16H12Cl2N2O2S/c17-14-7-6-13(9-15(14)18)23(21,22)20-10-12-4-1-3-11-5-2-8-19-16(11)12/h1-9,20H,10H2. The van der Waals surface area contributed by atoms with Crippen molar-refractivity contribution < 1.29 is 8.42 Å². The second kappa shape index (κ2) is 6.45. The first-order valence-electron chi connectivity index (χ1n) is 6.75. The highest BCUT2D eigenvalue weighted by atomic mass is 35.5. The van der Waals surface area contributed by atoms with Gasteiger partial charge in [-0.25, -0.2) is 13.1 Å². The number of aromatic nitrogens is 1. The Bertz CT molecular complexity index is 969. The average Bonchev–Trinajstić information content (AvgIpc) is 2.55. The van der Waals surface area contributed by atoms with E-state index in [1.807, 2.05) is 30.3 Å². The number of fused-ring (bicyclic) bond motifs is 1. The average molecular weight is 367 g/mol. The summed E-state index contributed by atoms with van der Waals surface area (Å²) in [6.45, 7) is 0.136. The number of nitrogens with one attached hydrogen (secondary N) is 1. The van der Waals surface area contributed by atoms with Gasteiger partial charge in [0.1, 0.15) is 0 Å². The summed E-state index contributed by atoms with van der Waals surface area (Å²) in [7, 11) is -3.69. The van der Waals surface area contributed by atoms with Crippen LogP contribution in [0.25, 0.3) is 10.9 Å². The van der Waals surface area contributed by atoms with E-state index >= 15 is 0 Å². The molecule has 0 fully saturated rings. The number of hydrogen-bond acceptors (Lipinski definition) is 3. The minimum Gasteiger partial charge on any atom is -0.256 e. The van der Waals surface area contributed by atoms with Gasteiger partial charge in [-0.15, -0.1) is 0 Å². The van der Waals surface area contributed by atoms with Crippen molar-refractivity contribution in [2.75, 3.05) is 0 Å². The van der Waals surface area contributed by atoms with E-state index in [-0.39, 0.29) is 16.5 Å². The Morgan fingerprint density at radius 3 is 2.57 bits per heavy atom. The number of nitrogens with zero attached hydrogens (tertiary/aromatic N) is 1. The Labute approximate surface area is 144 Å². The van der Waals surface area contributed by atoms with E-state index in [0.717, 1.165) is 16.5 Å². The van der Waals surface area contributed by atoms with Crippen molar-refractivity contribution in [3.63, 3.8) is 0 Å². The summed E-state index contributed by atoms with van der Waals surface area (Å²) in [5.74, 6) is 0. The summed E-state index contributed by atoms with van der Waals surface area (Å²) in [5.41, 5.74) is 1.57. The highest BCUT2D eigenvalue weighted by Gasteiger charge is 2.16. The molecule has 0 saturated heterocycles. The highest BCUT2D eigenvalue weighted by Crippen LogP contribution is 2.25. The Morgan fingerprint density at radius 2 is 1.78 bits per heavy atom. The molecule has 0 aliphatic carbocycles. The summed E-state index contributed by atoms with van der Waals surface area (Å²) in [4.78, 5) is 4.38. The van der Waals surface area contributed by atoms with Crippen molar-refractivity contribution in [1.82, 2.24) is 9.71 Å². The second-order valence-electron chi connectivity index (χ2n) is 4.89. The van der Waals surface area contributed by atoms with Gasteiger partial charge in [0.2, 0.25) is 10.0 Å². The maximum Gasteiger partial charge on any atom is 0.240 e. The van der Waals surface area contributed by atoms with Gasteiger partial charge in [0.15, 0.2) is 0 Å². The lowest BCUT2D eigenvalue weighted by atomic mass is 10.1. The van der Waals surface area contributed by atoms with Gasteiger partial charge in [0, 0.05) is 18.1 Å². The summed E-state index contributed by atoms with van der Waals surface area (Å²) < 4.78 is 27.3. The molecule has 3 aromatic rings. The zero-order valence-corrected chi connectivity index (χ0v) is 14.2. The molecule has 118 valence electrons. The zero-order valence-electron chi connectivity index (χ0n) is 11.8. The number of benzene rings is 2. The van der Waals surface area contributed by atoms with Crippen LogP contribution in [0.15, 0.2) is 59.6 Å². The highest BCUT2D eigenvalue weighted by molar-refractivity contribution is 7.89. The van der Waals surface area contributed by atoms with Gasteiger partial charge >= 0.3 is 0 Å². The van der Waals surface area contributed by atoms with Crippen molar-refractivity contribution in [3.05, 3.63) is 70.3 Å². The van der Waals surface area contributed by atoms with Gasteiger partial charge in [-0.1, -0.05) is 47.5 Å². The molecule has 2 aromatic carbocycles. The zero-order chi connectivity index (χ0) is 16.4. The quantitative estimate of drug-likeness (QED) is 0.758. The number of rotatable bonds is 4. The van der Waals surface area contributed by atoms with E-state index < -0.39 is 10.0 Å². The third-order valence-electron chi connectivity index (χ3n) is 3.37. The van der Waals surface area contributed by atoms with Crippen LogP contribution in [-0.4, -0.2) is 13.4 Å². The first-order chi connectivity index (χ1) is 11.0. The van der Waals surface area contributed by atoms with Gasteiger partial charge in [0.25, 0.3) is 0 Å². The maximum atomic E-state index is 12.4. The smallest absolute Gasteiger partial charge is 0.240 e. The number of sulfonamides is 1. The van der Waals surface area contributed by atoms with E-state index in [4.69, 9.17) is 23.2 Å². The Kier molecular flexibility index (Phi) is 4.55. The molecule has 0 radical (unpaired) electrons. The van der Waals surface area contributed by atoms with Gasteiger partial charge in [0.05, 0.1) is 20.5 Å². The lowest BCUT2D eigenvalue weighted by molar-refractivity contribution is 0.581. The summed E-state index contributed by atoms with van der Waals surface area (Å²) in [6.07, 6.45) is 1.68. The SMILES string of the molecule is O=S(=O)(NCc1cccc2cccnc12)c1ccc(Cl)c(Cl)c1. The molecule has 0 amide bonds. The second-order valence-corrected chi connectivity index (χ2v) is 7.47. The largest absolute Gasteiger partial charge is 0.256 e. The molecule has 0 bridgehead atoms. The van der Waals surface area contributed by atoms with Crippen LogP contribution in [0.3, 0.4) is 0 Å². The van der Waals surface area contributed by atoms with Crippen LogP contribution in [0.1, 0.15) is 5.56 Å². The lowest BCUT2D eigenvalue weighted by Crippen LogP contribution is -2.23. The van der Waals surface area contributed by atoms with E-state index in [0.29, 0.717) is 5.02 Å². The van der Waals surface area contributed by atoms with E-state index in [1.165, 1.54) is 18.2 Å². The molecule has 0 saturated carbocycles. The minimum absolute atomic E-state index is 0.0695. The maximum absolute atomic E-state index is 12.4. The van der Waals surface area contributed by atoms with E-state index in [1.54, 1.807) is 6.20 Å². The topological polar surface area (TPSA) is 59.1 Å². The van der Waals surface area contributed by atoms with Crippen molar-refractivity contribution in [3.8, 4) is 0 Å². The molecule has 0 spiro atoms. The predicted octanol–water partition coefficient (Wildman–Crippen LogP) is 4.02. The number of pyridine rings is 1. The molecular weight excluding hydrogens is 355 g/mol. The first kappa shape index (κ1) is 16.2. The molecule has 0 aliphatic rings. The fourth-order valence-electron chi connectivity index (χ4n) is 2.21. The molecule has 4 nitrogen and oxygen atoms in total. The molecule has 0 unspecified atom stereocenters. The molecule has 3 rings (SSSR count). The number of hydrogen-bond donors (Lipinski definition) is 1. The van der Waals surface area contributed by atoms with E-state index in [9.17, 15) is 8.42 Å². The van der Waals surface area contributed by atoms with Crippen molar-refractivity contribution in [2.24, 2.45) is 0 Å². The van der Waals surface area contributed by atoms with Gasteiger partial charge in [-0.3, -0.25) is 4.98 Å². The molecule has 1 aromatic heterocycles. The Balaban J connectivity index is 1.87. The Morgan fingerprint density at radius 1 is 1.00 bits per heavy atom. The molecule has 7 heteroatoms. The fraction of sp³-hybridized carbons (Fsp3) is 0.0625. The van der Waals surface area contributed by atoms with Crippen LogP contribution in [0.2, 0.25) is 10.0 Å². The van der Waals surface area contributed by atoms with Crippen LogP contribution in [-0.2, 0) is 16.6 Å². The molecule has 1 N–H and O–H groups in total. The van der Waals surface area contributed by atoms with Crippen LogP contribution in [0, 0.1) is 0 Å². The normalized spacial score (nSPS) is 11.7. The minimum atomic E-state index is -3.69. The van der Waals surface area contributed by atoms with Gasteiger partial charge in [-0.2, -0.15) is 0 Å². The van der Waals surface area contributed by atoms with Crippen molar-refractivity contribution in [1.29, 1.82) is 0 Å². The Hall–Kier alpha value is -1.66. The van der Waals surface area contributed by atoms with Crippen LogP contribution in [0.4, 0.5) is 0 Å². The van der Waals surface area contributed by atoms with Gasteiger partial charge in [-0.05, 0) is 29.8 Å². The van der Waals surface area contributed by atoms with Crippen LogP contribution in [0.5, 0.6) is 0 Å². The first-order valence-corrected chi connectivity index (χ1v) is 8.98. The third-order valence-corrected chi connectivity index (χ3v) is 5.51. The monoisotopic (exact) mass is 366 g/mol. The van der Waals surface area contributed by atoms with Gasteiger partial charge < -0.3 is 0 Å².